The first-order valence-corrected chi connectivity index (χ1v) is 4.12. The van der Waals surface area contributed by atoms with Crippen LogP contribution < -0.4 is 4.74 Å². The lowest BCUT2D eigenvalue weighted by Gasteiger charge is -2.01. The first-order chi connectivity index (χ1) is 6.26. The van der Waals surface area contributed by atoms with Crippen LogP contribution in [0.25, 0.3) is 6.08 Å². The second-order valence-electron chi connectivity index (χ2n) is 2.73. The van der Waals surface area contributed by atoms with Gasteiger partial charge in [-0.2, -0.15) is 0 Å². The number of hydrogen-bond donors (Lipinski definition) is 0. The van der Waals surface area contributed by atoms with Crippen LogP contribution in [0.4, 0.5) is 0 Å². The van der Waals surface area contributed by atoms with Crippen molar-refractivity contribution >= 4 is 6.08 Å². The number of ether oxygens (including phenoxy) is 2. The van der Waals surface area contributed by atoms with Crippen molar-refractivity contribution in [1.82, 2.24) is 0 Å². The fraction of sp³-hybridized carbons (Fsp3) is 0.273. The molecule has 0 heterocycles. The van der Waals surface area contributed by atoms with Gasteiger partial charge in [0.25, 0.3) is 0 Å². The van der Waals surface area contributed by atoms with Crippen LogP contribution in [0.15, 0.2) is 30.0 Å². The van der Waals surface area contributed by atoms with Gasteiger partial charge in [-0.1, -0.05) is 12.1 Å². The van der Waals surface area contributed by atoms with Crippen LogP contribution >= 0.6 is 0 Å². The quantitative estimate of drug-likeness (QED) is 0.662. The largest absolute Gasteiger partial charge is 0.501 e. The van der Waals surface area contributed by atoms with E-state index in [1.807, 2.05) is 37.3 Å². The first kappa shape index (κ1) is 9.65. The summed E-state index contributed by atoms with van der Waals surface area (Å²) in [4.78, 5) is 0. The van der Waals surface area contributed by atoms with Crippen molar-refractivity contribution < 1.29 is 9.47 Å². The topological polar surface area (TPSA) is 18.5 Å². The van der Waals surface area contributed by atoms with E-state index in [1.165, 1.54) is 0 Å². The van der Waals surface area contributed by atoms with Crippen LogP contribution in [0, 0.1) is 0 Å². The van der Waals surface area contributed by atoms with Gasteiger partial charge < -0.3 is 9.47 Å². The zero-order chi connectivity index (χ0) is 9.68. The standard InChI is InChI=1S/C11H14O2/c1-9(12-2)8-10-4-6-11(13-3)7-5-10/h4-8H,1-3H3/b9-8+. The molecule has 0 spiro atoms. The molecule has 13 heavy (non-hydrogen) atoms. The van der Waals surface area contributed by atoms with E-state index in [9.17, 15) is 0 Å². The lowest BCUT2D eigenvalue weighted by molar-refractivity contribution is 0.297. The molecule has 0 aliphatic carbocycles. The van der Waals surface area contributed by atoms with Gasteiger partial charge in [-0.25, -0.2) is 0 Å². The first-order valence-electron chi connectivity index (χ1n) is 4.12. The number of methoxy groups -OCH3 is 2. The number of hydrogen-bond acceptors (Lipinski definition) is 2. The fourth-order valence-corrected chi connectivity index (χ4v) is 0.994. The smallest absolute Gasteiger partial charge is 0.118 e. The maximum absolute atomic E-state index is 5.05. The Balaban J connectivity index is 2.80. The number of allylic oxidation sites excluding steroid dienone is 1. The Kier molecular flexibility index (Phi) is 3.38. The lowest BCUT2D eigenvalue weighted by Crippen LogP contribution is -1.83. The molecule has 0 saturated heterocycles. The predicted octanol–water partition coefficient (Wildman–Crippen LogP) is 2.70. The molecule has 1 rings (SSSR count). The molecule has 0 radical (unpaired) electrons. The van der Waals surface area contributed by atoms with E-state index in [2.05, 4.69) is 0 Å². The van der Waals surface area contributed by atoms with Gasteiger partial charge in [-0.05, 0) is 30.7 Å². The SMILES string of the molecule is CO/C(C)=C/c1ccc(OC)cc1. The Labute approximate surface area is 78.8 Å². The predicted molar refractivity (Wildman–Crippen MR) is 53.7 cm³/mol. The van der Waals surface area contributed by atoms with Gasteiger partial charge in [-0.3, -0.25) is 0 Å². The van der Waals surface area contributed by atoms with Crippen molar-refractivity contribution in [2.24, 2.45) is 0 Å². The molecule has 1 aromatic carbocycles. The Morgan fingerprint density at radius 2 is 1.77 bits per heavy atom. The molecule has 2 heteroatoms. The molecule has 0 N–H and O–H groups in total. The fourth-order valence-electron chi connectivity index (χ4n) is 0.994. The third-order valence-electron chi connectivity index (χ3n) is 1.81. The Morgan fingerprint density at radius 1 is 1.15 bits per heavy atom. The van der Waals surface area contributed by atoms with E-state index in [0.717, 1.165) is 17.1 Å². The zero-order valence-corrected chi connectivity index (χ0v) is 8.20. The molecule has 0 aromatic heterocycles. The van der Waals surface area contributed by atoms with Crippen molar-refractivity contribution in [2.45, 2.75) is 6.92 Å². The van der Waals surface area contributed by atoms with E-state index >= 15 is 0 Å². The number of benzene rings is 1. The summed E-state index contributed by atoms with van der Waals surface area (Å²) >= 11 is 0. The Bertz CT molecular complexity index is 285. The highest BCUT2D eigenvalue weighted by atomic mass is 16.5. The molecule has 0 bridgehead atoms. The van der Waals surface area contributed by atoms with Gasteiger partial charge in [0, 0.05) is 0 Å². The van der Waals surface area contributed by atoms with Crippen molar-refractivity contribution in [3.8, 4) is 5.75 Å². The van der Waals surface area contributed by atoms with Gasteiger partial charge in [0.1, 0.15) is 5.75 Å². The van der Waals surface area contributed by atoms with Gasteiger partial charge in [0.2, 0.25) is 0 Å². The zero-order valence-electron chi connectivity index (χ0n) is 8.20. The molecule has 0 atom stereocenters. The minimum atomic E-state index is 0.868. The van der Waals surface area contributed by atoms with Crippen molar-refractivity contribution in [2.75, 3.05) is 14.2 Å². The molecule has 0 aliphatic rings. The Hall–Kier alpha value is -1.44. The van der Waals surface area contributed by atoms with Crippen LogP contribution in [0.5, 0.6) is 5.75 Å². The van der Waals surface area contributed by atoms with Gasteiger partial charge in [-0.15, -0.1) is 0 Å². The molecule has 70 valence electrons. The van der Waals surface area contributed by atoms with E-state index < -0.39 is 0 Å². The second-order valence-corrected chi connectivity index (χ2v) is 2.73. The summed E-state index contributed by atoms with van der Waals surface area (Å²) in [7, 11) is 3.32. The van der Waals surface area contributed by atoms with Crippen molar-refractivity contribution in [3.05, 3.63) is 35.6 Å². The molecular weight excluding hydrogens is 164 g/mol. The van der Waals surface area contributed by atoms with Crippen LogP contribution in [-0.2, 0) is 4.74 Å². The van der Waals surface area contributed by atoms with E-state index in [0.29, 0.717) is 0 Å². The van der Waals surface area contributed by atoms with Crippen molar-refractivity contribution in [1.29, 1.82) is 0 Å². The molecule has 2 nitrogen and oxygen atoms in total. The maximum Gasteiger partial charge on any atom is 0.118 e. The van der Waals surface area contributed by atoms with Gasteiger partial charge in [0.15, 0.2) is 0 Å². The van der Waals surface area contributed by atoms with E-state index in [4.69, 9.17) is 9.47 Å². The molecule has 0 fully saturated rings. The minimum absolute atomic E-state index is 0.868. The van der Waals surface area contributed by atoms with Gasteiger partial charge in [0.05, 0.1) is 20.0 Å². The summed E-state index contributed by atoms with van der Waals surface area (Å²) in [5.41, 5.74) is 1.11. The Morgan fingerprint density at radius 3 is 2.23 bits per heavy atom. The third kappa shape index (κ3) is 2.82. The molecule has 1 aromatic rings. The average molecular weight is 178 g/mol. The van der Waals surface area contributed by atoms with Crippen LogP contribution in [0.1, 0.15) is 12.5 Å². The average Bonchev–Trinajstić information content (AvgIpc) is 2.19. The molecule has 0 unspecified atom stereocenters. The second kappa shape index (κ2) is 4.55. The van der Waals surface area contributed by atoms with Crippen molar-refractivity contribution in [3.63, 3.8) is 0 Å². The lowest BCUT2D eigenvalue weighted by atomic mass is 10.2. The normalized spacial score (nSPS) is 11.2. The summed E-state index contributed by atoms with van der Waals surface area (Å²) in [6.07, 6.45) is 1.97. The molecular formula is C11H14O2. The van der Waals surface area contributed by atoms with E-state index in [1.54, 1.807) is 14.2 Å². The highest BCUT2D eigenvalue weighted by Gasteiger charge is 1.91. The molecule has 0 amide bonds. The number of rotatable bonds is 3. The maximum atomic E-state index is 5.05. The van der Waals surface area contributed by atoms with Crippen LogP contribution in [0.3, 0.4) is 0 Å². The summed E-state index contributed by atoms with van der Waals surface area (Å²) in [6.45, 7) is 1.92. The third-order valence-corrected chi connectivity index (χ3v) is 1.81. The van der Waals surface area contributed by atoms with Gasteiger partial charge >= 0.3 is 0 Å². The summed E-state index contributed by atoms with van der Waals surface area (Å²) in [6, 6.07) is 7.83. The summed E-state index contributed by atoms with van der Waals surface area (Å²) in [5.74, 6) is 1.76. The monoisotopic (exact) mass is 178 g/mol. The van der Waals surface area contributed by atoms with Crippen LogP contribution in [-0.4, -0.2) is 14.2 Å². The highest BCUT2D eigenvalue weighted by molar-refractivity contribution is 5.51. The molecule has 0 aliphatic heterocycles. The van der Waals surface area contributed by atoms with Crippen LogP contribution in [0.2, 0.25) is 0 Å². The van der Waals surface area contributed by atoms with E-state index in [-0.39, 0.29) is 0 Å². The molecule has 0 saturated carbocycles. The summed E-state index contributed by atoms with van der Waals surface area (Å²) in [5, 5.41) is 0. The summed E-state index contributed by atoms with van der Waals surface area (Å²) < 4.78 is 10.1. The highest BCUT2D eigenvalue weighted by Crippen LogP contribution is 2.13. The minimum Gasteiger partial charge on any atom is -0.501 e.